The number of hydrogen-bond donors (Lipinski definition) is 2. The van der Waals surface area contributed by atoms with E-state index in [9.17, 15) is 4.79 Å². The molecule has 0 aliphatic carbocycles. The van der Waals surface area contributed by atoms with Crippen LogP contribution in [0.1, 0.15) is 40.2 Å². The molecule has 120 valence electrons. The third-order valence-electron chi connectivity index (χ3n) is 2.92. The number of carbonyl (C=O) groups excluding carboxylic acids is 1. The molecule has 0 aromatic heterocycles. The van der Waals surface area contributed by atoms with Gasteiger partial charge in [-0.1, -0.05) is 33.8 Å². The number of piperazine rings is 1. The molecule has 1 heterocycles. The zero-order chi connectivity index (χ0) is 16.3. The molecule has 0 unspecified atom stereocenters. The molecule has 4 heteroatoms. The molecule has 0 atom stereocenters. The predicted octanol–water partition coefficient (Wildman–Crippen LogP) is 3.42. The largest absolute Gasteiger partial charge is 0.367 e. The lowest BCUT2D eigenvalue weighted by Crippen LogP contribution is -2.43. The zero-order valence-corrected chi connectivity index (χ0v) is 14.4. The summed E-state index contributed by atoms with van der Waals surface area (Å²) in [5.74, 6) is -0.0213. The number of carbonyl (C=O) groups is 1. The van der Waals surface area contributed by atoms with Crippen LogP contribution in [-0.2, 0) is 4.79 Å². The van der Waals surface area contributed by atoms with E-state index in [2.05, 4.69) is 27.7 Å². The number of rotatable bonds is 2. The standard InChI is InChI=1S/C13H19N3O.2C2H6/c1-10-3-4-13(12(9-10)15-11(2)17)16-7-5-14-6-8-16;2*1-2/h3-4,9,14H,5-8H2,1-2H3,(H,15,17);2*1-2H3. The summed E-state index contributed by atoms with van der Waals surface area (Å²) in [6.07, 6.45) is 0. The van der Waals surface area contributed by atoms with E-state index in [0.29, 0.717) is 0 Å². The molecule has 0 saturated carbocycles. The van der Waals surface area contributed by atoms with E-state index >= 15 is 0 Å². The van der Waals surface area contributed by atoms with Crippen molar-refractivity contribution >= 4 is 17.3 Å². The highest BCUT2D eigenvalue weighted by molar-refractivity contribution is 5.93. The molecular formula is C17H31N3O. The number of aryl methyl sites for hydroxylation is 1. The zero-order valence-electron chi connectivity index (χ0n) is 14.4. The summed E-state index contributed by atoms with van der Waals surface area (Å²) in [6, 6.07) is 6.20. The molecule has 1 aliphatic rings. The van der Waals surface area contributed by atoms with Crippen LogP contribution >= 0.6 is 0 Å². The highest BCUT2D eigenvalue weighted by Gasteiger charge is 2.14. The number of hydrogen-bond acceptors (Lipinski definition) is 3. The molecule has 0 radical (unpaired) electrons. The second kappa shape index (κ2) is 11.1. The Bertz CT molecular complexity index is 412. The summed E-state index contributed by atoms with van der Waals surface area (Å²) < 4.78 is 0. The number of anilines is 2. The van der Waals surface area contributed by atoms with E-state index in [4.69, 9.17) is 0 Å². The minimum Gasteiger partial charge on any atom is -0.367 e. The van der Waals surface area contributed by atoms with E-state index in [1.54, 1.807) is 6.92 Å². The van der Waals surface area contributed by atoms with E-state index in [1.165, 1.54) is 0 Å². The fourth-order valence-electron chi connectivity index (χ4n) is 2.12. The van der Waals surface area contributed by atoms with Crippen molar-refractivity contribution in [2.75, 3.05) is 36.4 Å². The SMILES string of the molecule is CC.CC.CC(=O)Nc1cc(C)ccc1N1CCNCC1. The van der Waals surface area contributed by atoms with Crippen molar-refractivity contribution in [3.05, 3.63) is 23.8 Å². The van der Waals surface area contributed by atoms with Crippen molar-refractivity contribution in [1.82, 2.24) is 5.32 Å². The Hall–Kier alpha value is -1.55. The maximum absolute atomic E-state index is 11.2. The minimum atomic E-state index is -0.0213. The van der Waals surface area contributed by atoms with E-state index in [0.717, 1.165) is 43.1 Å². The smallest absolute Gasteiger partial charge is 0.221 e. The Labute approximate surface area is 129 Å². The van der Waals surface area contributed by atoms with Crippen molar-refractivity contribution in [2.24, 2.45) is 0 Å². The first-order valence-corrected chi connectivity index (χ1v) is 8.01. The highest BCUT2D eigenvalue weighted by atomic mass is 16.1. The van der Waals surface area contributed by atoms with Gasteiger partial charge in [-0.05, 0) is 24.6 Å². The predicted molar refractivity (Wildman–Crippen MR) is 93.3 cm³/mol. The van der Waals surface area contributed by atoms with Crippen LogP contribution < -0.4 is 15.5 Å². The fraction of sp³-hybridized carbons (Fsp3) is 0.588. The first kappa shape index (κ1) is 19.4. The lowest BCUT2D eigenvalue weighted by molar-refractivity contribution is -0.114. The van der Waals surface area contributed by atoms with Gasteiger partial charge in [0.25, 0.3) is 0 Å². The van der Waals surface area contributed by atoms with Crippen LogP contribution in [0.2, 0.25) is 0 Å². The molecule has 1 fully saturated rings. The van der Waals surface area contributed by atoms with Gasteiger partial charge in [0.05, 0.1) is 11.4 Å². The lowest BCUT2D eigenvalue weighted by atomic mass is 10.1. The monoisotopic (exact) mass is 293 g/mol. The number of benzene rings is 1. The molecule has 1 aromatic rings. The van der Waals surface area contributed by atoms with Crippen molar-refractivity contribution in [1.29, 1.82) is 0 Å². The molecular weight excluding hydrogens is 262 g/mol. The summed E-state index contributed by atoms with van der Waals surface area (Å²) in [5.41, 5.74) is 3.19. The number of nitrogens with zero attached hydrogens (tertiary/aromatic N) is 1. The van der Waals surface area contributed by atoms with Gasteiger partial charge >= 0.3 is 0 Å². The third-order valence-corrected chi connectivity index (χ3v) is 2.92. The van der Waals surface area contributed by atoms with Crippen molar-refractivity contribution < 1.29 is 4.79 Å². The average molecular weight is 293 g/mol. The van der Waals surface area contributed by atoms with Crippen molar-refractivity contribution in [3.63, 3.8) is 0 Å². The first-order valence-electron chi connectivity index (χ1n) is 8.01. The summed E-state index contributed by atoms with van der Waals surface area (Å²) >= 11 is 0. The summed E-state index contributed by atoms with van der Waals surface area (Å²) in [4.78, 5) is 13.5. The molecule has 4 nitrogen and oxygen atoms in total. The van der Waals surface area contributed by atoms with E-state index in [-0.39, 0.29) is 5.91 Å². The van der Waals surface area contributed by atoms with Crippen LogP contribution in [0.25, 0.3) is 0 Å². The van der Waals surface area contributed by atoms with Crippen molar-refractivity contribution in [2.45, 2.75) is 41.5 Å². The molecule has 2 rings (SSSR count). The second-order valence-electron chi connectivity index (χ2n) is 4.44. The Kier molecular flexibility index (Phi) is 10.3. The number of nitrogens with one attached hydrogen (secondary N) is 2. The van der Waals surface area contributed by atoms with Gasteiger partial charge in [-0.2, -0.15) is 0 Å². The van der Waals surface area contributed by atoms with Crippen LogP contribution in [0.5, 0.6) is 0 Å². The minimum absolute atomic E-state index is 0.0213. The Morgan fingerprint density at radius 2 is 1.71 bits per heavy atom. The van der Waals surface area contributed by atoms with Gasteiger partial charge in [-0.3, -0.25) is 4.79 Å². The summed E-state index contributed by atoms with van der Waals surface area (Å²) in [5, 5.41) is 6.24. The van der Waals surface area contributed by atoms with Crippen LogP contribution in [0, 0.1) is 6.92 Å². The lowest BCUT2D eigenvalue weighted by Gasteiger charge is -2.31. The molecule has 2 N–H and O–H groups in total. The first-order chi connectivity index (χ1) is 10.2. The molecule has 0 spiro atoms. The van der Waals surface area contributed by atoms with E-state index in [1.807, 2.05) is 40.7 Å². The molecule has 0 bridgehead atoms. The van der Waals surface area contributed by atoms with E-state index < -0.39 is 0 Å². The van der Waals surface area contributed by atoms with Gasteiger partial charge in [0, 0.05) is 33.1 Å². The Balaban J connectivity index is 0.000000921. The molecule has 1 amide bonds. The van der Waals surface area contributed by atoms with Gasteiger partial charge in [-0.25, -0.2) is 0 Å². The van der Waals surface area contributed by atoms with Gasteiger partial charge in [0.2, 0.25) is 5.91 Å². The van der Waals surface area contributed by atoms with Gasteiger partial charge in [-0.15, -0.1) is 0 Å². The maximum atomic E-state index is 11.2. The third kappa shape index (κ3) is 6.63. The normalized spacial score (nSPS) is 13.3. The Morgan fingerprint density at radius 1 is 1.14 bits per heavy atom. The van der Waals surface area contributed by atoms with Crippen molar-refractivity contribution in [3.8, 4) is 0 Å². The van der Waals surface area contributed by atoms with Gasteiger partial charge in [0.15, 0.2) is 0 Å². The summed E-state index contributed by atoms with van der Waals surface area (Å²) in [6.45, 7) is 15.5. The molecule has 1 saturated heterocycles. The molecule has 21 heavy (non-hydrogen) atoms. The summed E-state index contributed by atoms with van der Waals surface area (Å²) in [7, 11) is 0. The quantitative estimate of drug-likeness (QED) is 0.878. The second-order valence-corrected chi connectivity index (χ2v) is 4.44. The average Bonchev–Trinajstić information content (AvgIpc) is 2.52. The molecule has 1 aliphatic heterocycles. The fourth-order valence-corrected chi connectivity index (χ4v) is 2.12. The van der Waals surface area contributed by atoms with Crippen LogP contribution in [-0.4, -0.2) is 32.1 Å². The van der Waals surface area contributed by atoms with Crippen LogP contribution in [0.3, 0.4) is 0 Å². The highest BCUT2D eigenvalue weighted by Crippen LogP contribution is 2.27. The Morgan fingerprint density at radius 3 is 2.24 bits per heavy atom. The molecule has 1 aromatic carbocycles. The van der Waals surface area contributed by atoms with Gasteiger partial charge in [0.1, 0.15) is 0 Å². The topological polar surface area (TPSA) is 44.4 Å². The maximum Gasteiger partial charge on any atom is 0.221 e. The van der Waals surface area contributed by atoms with Crippen LogP contribution in [0.15, 0.2) is 18.2 Å². The van der Waals surface area contributed by atoms with Crippen LogP contribution in [0.4, 0.5) is 11.4 Å². The van der Waals surface area contributed by atoms with Gasteiger partial charge < -0.3 is 15.5 Å². The number of amides is 1.